The van der Waals surface area contributed by atoms with E-state index < -0.39 is 12.0 Å². The molecular formula is C19H16N2O4. The molecule has 2 aromatic rings. The molecule has 1 aliphatic rings. The van der Waals surface area contributed by atoms with Crippen LogP contribution >= 0.6 is 0 Å². The Morgan fingerprint density at radius 2 is 1.72 bits per heavy atom. The molecule has 0 spiro atoms. The third kappa shape index (κ3) is 2.89. The van der Waals surface area contributed by atoms with Crippen LogP contribution in [0.4, 0.5) is 10.5 Å². The SMILES string of the molecule is CC(=O)c1ccc2c(c1)/C(=C(/c1ccccc1)N(C)C(=O)O)C(=O)N2. The molecule has 0 unspecified atom stereocenters. The molecule has 0 radical (unpaired) electrons. The number of nitrogens with zero attached hydrogens (tertiary/aromatic N) is 1. The standard InChI is InChI=1S/C19H16N2O4/c1-11(22)13-8-9-15-14(10-13)16(18(23)20-15)17(21(2)19(24)25)12-6-4-3-5-7-12/h3-10H,1-2H3,(H,20,23)(H,24,25)/b17-16+. The summed E-state index contributed by atoms with van der Waals surface area (Å²) in [7, 11) is 1.39. The number of nitrogens with one attached hydrogen (secondary N) is 1. The summed E-state index contributed by atoms with van der Waals surface area (Å²) in [5.74, 6) is -0.531. The first-order chi connectivity index (χ1) is 11.9. The van der Waals surface area contributed by atoms with Gasteiger partial charge in [-0.05, 0) is 30.7 Å². The molecule has 0 atom stereocenters. The first-order valence-electron chi connectivity index (χ1n) is 7.63. The number of rotatable bonds is 3. The summed E-state index contributed by atoms with van der Waals surface area (Å²) in [6.45, 7) is 1.44. The number of hydrogen-bond donors (Lipinski definition) is 2. The summed E-state index contributed by atoms with van der Waals surface area (Å²) >= 11 is 0. The smallest absolute Gasteiger partial charge is 0.411 e. The zero-order chi connectivity index (χ0) is 18.1. The highest BCUT2D eigenvalue weighted by atomic mass is 16.4. The first-order valence-corrected chi connectivity index (χ1v) is 7.63. The molecule has 2 amide bonds. The zero-order valence-corrected chi connectivity index (χ0v) is 13.7. The second kappa shape index (κ2) is 6.24. The van der Waals surface area contributed by atoms with Crippen molar-refractivity contribution in [2.24, 2.45) is 0 Å². The fourth-order valence-corrected chi connectivity index (χ4v) is 2.82. The lowest BCUT2D eigenvalue weighted by atomic mass is 9.97. The Kier molecular flexibility index (Phi) is 4.10. The second-order valence-corrected chi connectivity index (χ2v) is 5.70. The van der Waals surface area contributed by atoms with Crippen molar-refractivity contribution in [3.05, 3.63) is 65.2 Å². The molecule has 126 valence electrons. The number of hydrogen-bond acceptors (Lipinski definition) is 3. The van der Waals surface area contributed by atoms with Crippen molar-refractivity contribution in [3.63, 3.8) is 0 Å². The van der Waals surface area contributed by atoms with Crippen LogP contribution in [-0.4, -0.2) is 34.8 Å². The van der Waals surface area contributed by atoms with Gasteiger partial charge in [0.25, 0.3) is 5.91 Å². The summed E-state index contributed by atoms with van der Waals surface area (Å²) in [6, 6.07) is 13.7. The molecule has 0 aromatic heterocycles. The van der Waals surface area contributed by atoms with Crippen LogP contribution in [0.15, 0.2) is 48.5 Å². The molecule has 1 aliphatic heterocycles. The molecule has 2 aromatic carbocycles. The lowest BCUT2D eigenvalue weighted by Gasteiger charge is -2.20. The van der Waals surface area contributed by atoms with Gasteiger partial charge in [-0.25, -0.2) is 4.79 Å². The van der Waals surface area contributed by atoms with Crippen molar-refractivity contribution >= 4 is 34.7 Å². The van der Waals surface area contributed by atoms with E-state index in [0.29, 0.717) is 22.4 Å². The molecule has 2 N–H and O–H groups in total. The van der Waals surface area contributed by atoms with Crippen molar-refractivity contribution in [1.29, 1.82) is 0 Å². The topological polar surface area (TPSA) is 86.7 Å². The maximum Gasteiger partial charge on any atom is 0.411 e. The van der Waals surface area contributed by atoms with Crippen LogP contribution in [0.1, 0.15) is 28.4 Å². The van der Waals surface area contributed by atoms with E-state index in [2.05, 4.69) is 5.32 Å². The second-order valence-electron chi connectivity index (χ2n) is 5.70. The highest BCUT2D eigenvalue weighted by molar-refractivity contribution is 6.37. The number of carboxylic acid groups (broad SMARTS) is 1. The van der Waals surface area contributed by atoms with Gasteiger partial charge in [0.05, 0.1) is 11.3 Å². The number of ketones is 1. The van der Waals surface area contributed by atoms with Crippen molar-refractivity contribution in [3.8, 4) is 0 Å². The number of Topliss-reactive ketones (excluding diaryl/α,β-unsaturated/α-hetero) is 1. The quantitative estimate of drug-likeness (QED) is 0.665. The molecule has 0 saturated carbocycles. The van der Waals surface area contributed by atoms with Crippen molar-refractivity contribution in [2.75, 3.05) is 12.4 Å². The van der Waals surface area contributed by atoms with E-state index in [1.165, 1.54) is 14.0 Å². The van der Waals surface area contributed by atoms with Crippen LogP contribution in [0.2, 0.25) is 0 Å². The van der Waals surface area contributed by atoms with Gasteiger partial charge in [0.15, 0.2) is 5.78 Å². The van der Waals surface area contributed by atoms with E-state index in [-0.39, 0.29) is 17.1 Å². The molecule has 6 heteroatoms. The average Bonchev–Trinajstić information content (AvgIpc) is 2.91. The van der Waals surface area contributed by atoms with E-state index in [4.69, 9.17) is 0 Å². The van der Waals surface area contributed by atoms with Gasteiger partial charge in [0, 0.05) is 23.9 Å². The summed E-state index contributed by atoms with van der Waals surface area (Å²) in [4.78, 5) is 36.9. The number of carbonyl (C=O) groups excluding carboxylic acids is 2. The lowest BCUT2D eigenvalue weighted by Crippen LogP contribution is -2.25. The van der Waals surface area contributed by atoms with Gasteiger partial charge in [-0.1, -0.05) is 30.3 Å². The van der Waals surface area contributed by atoms with Gasteiger partial charge in [-0.15, -0.1) is 0 Å². The van der Waals surface area contributed by atoms with Crippen LogP contribution in [0.25, 0.3) is 11.3 Å². The normalized spacial score (nSPS) is 14.6. The summed E-state index contributed by atoms with van der Waals surface area (Å²) in [5.41, 5.74) is 2.62. The fourth-order valence-electron chi connectivity index (χ4n) is 2.82. The van der Waals surface area contributed by atoms with E-state index >= 15 is 0 Å². The van der Waals surface area contributed by atoms with E-state index in [0.717, 1.165) is 4.90 Å². The van der Waals surface area contributed by atoms with Crippen LogP contribution in [0.5, 0.6) is 0 Å². The molecule has 1 heterocycles. The third-order valence-electron chi connectivity index (χ3n) is 4.08. The average molecular weight is 336 g/mol. The summed E-state index contributed by atoms with van der Waals surface area (Å²) < 4.78 is 0. The predicted molar refractivity (Wildman–Crippen MR) is 94.1 cm³/mol. The van der Waals surface area contributed by atoms with Crippen molar-refractivity contribution in [2.45, 2.75) is 6.92 Å². The Hall–Kier alpha value is -3.41. The van der Waals surface area contributed by atoms with Crippen LogP contribution in [0.3, 0.4) is 0 Å². The van der Waals surface area contributed by atoms with E-state index in [1.54, 1.807) is 42.5 Å². The van der Waals surface area contributed by atoms with Crippen molar-refractivity contribution < 1.29 is 19.5 Å². The van der Waals surface area contributed by atoms with Crippen LogP contribution in [-0.2, 0) is 4.79 Å². The van der Waals surface area contributed by atoms with E-state index in [9.17, 15) is 19.5 Å². The Labute approximate surface area is 144 Å². The van der Waals surface area contributed by atoms with Gasteiger partial charge in [-0.2, -0.15) is 0 Å². The molecular weight excluding hydrogens is 320 g/mol. The zero-order valence-electron chi connectivity index (χ0n) is 13.7. The Morgan fingerprint density at radius 1 is 1.04 bits per heavy atom. The van der Waals surface area contributed by atoms with Crippen LogP contribution in [0, 0.1) is 0 Å². The third-order valence-corrected chi connectivity index (χ3v) is 4.08. The molecule has 0 saturated heterocycles. The minimum Gasteiger partial charge on any atom is -0.465 e. The molecule has 6 nitrogen and oxygen atoms in total. The van der Waals surface area contributed by atoms with Crippen LogP contribution < -0.4 is 5.32 Å². The van der Waals surface area contributed by atoms with Gasteiger partial charge < -0.3 is 10.4 Å². The minimum absolute atomic E-state index is 0.130. The van der Waals surface area contributed by atoms with E-state index in [1.807, 2.05) is 6.07 Å². The van der Waals surface area contributed by atoms with Gasteiger partial charge in [0.2, 0.25) is 0 Å². The maximum atomic E-state index is 12.6. The Bertz CT molecular complexity index is 916. The van der Waals surface area contributed by atoms with Gasteiger partial charge in [-0.3, -0.25) is 14.5 Å². The number of anilines is 1. The molecule has 0 fully saturated rings. The minimum atomic E-state index is -1.18. The van der Waals surface area contributed by atoms with Gasteiger partial charge >= 0.3 is 6.09 Å². The number of amides is 2. The number of carbonyl (C=O) groups is 3. The molecule has 0 bridgehead atoms. The Balaban J connectivity index is 2.32. The molecule has 3 rings (SSSR count). The first kappa shape index (κ1) is 16.4. The summed E-state index contributed by atoms with van der Waals surface area (Å²) in [6.07, 6.45) is -1.18. The summed E-state index contributed by atoms with van der Waals surface area (Å²) in [5, 5.41) is 12.2. The molecule has 25 heavy (non-hydrogen) atoms. The predicted octanol–water partition coefficient (Wildman–Crippen LogP) is 3.32. The Morgan fingerprint density at radius 3 is 2.32 bits per heavy atom. The highest BCUT2D eigenvalue weighted by Crippen LogP contribution is 2.38. The van der Waals surface area contributed by atoms with Crippen molar-refractivity contribution in [1.82, 2.24) is 4.90 Å². The monoisotopic (exact) mass is 336 g/mol. The number of benzene rings is 2. The van der Waals surface area contributed by atoms with Gasteiger partial charge in [0.1, 0.15) is 0 Å². The number of fused-ring (bicyclic) bond motifs is 1. The lowest BCUT2D eigenvalue weighted by molar-refractivity contribution is -0.110. The largest absolute Gasteiger partial charge is 0.465 e. The maximum absolute atomic E-state index is 12.6. The molecule has 0 aliphatic carbocycles. The highest BCUT2D eigenvalue weighted by Gasteiger charge is 2.31. The fraction of sp³-hybridized carbons (Fsp3) is 0.105.